The monoisotopic (exact) mass is 301 g/mol. The van der Waals surface area contributed by atoms with Gasteiger partial charge in [-0.1, -0.05) is 11.8 Å². The maximum atomic E-state index is 10.7. The first-order valence-electron chi connectivity index (χ1n) is 6.40. The maximum absolute atomic E-state index is 10.7. The van der Waals surface area contributed by atoms with Crippen LogP contribution >= 0.6 is 23.5 Å². The van der Waals surface area contributed by atoms with E-state index in [4.69, 9.17) is 5.11 Å². The van der Waals surface area contributed by atoms with Gasteiger partial charge in [-0.3, -0.25) is 4.79 Å². The van der Waals surface area contributed by atoms with E-state index in [2.05, 4.69) is 21.0 Å². The molecule has 1 aromatic heterocycles. The van der Waals surface area contributed by atoms with Crippen LogP contribution in [-0.2, 0) is 4.79 Å². The van der Waals surface area contributed by atoms with Gasteiger partial charge in [0.05, 0.1) is 5.75 Å². The van der Waals surface area contributed by atoms with Crippen LogP contribution in [0.15, 0.2) is 5.16 Å². The lowest BCUT2D eigenvalue weighted by Crippen LogP contribution is -2.21. The summed E-state index contributed by atoms with van der Waals surface area (Å²) in [4.78, 5) is 10.7. The van der Waals surface area contributed by atoms with Gasteiger partial charge in [-0.15, -0.1) is 10.2 Å². The predicted octanol–water partition coefficient (Wildman–Crippen LogP) is 2.61. The number of carboxylic acid groups (broad SMARTS) is 1. The summed E-state index contributed by atoms with van der Waals surface area (Å²) in [6.45, 7) is 1.94. The van der Waals surface area contributed by atoms with Crippen LogP contribution in [-0.4, -0.2) is 43.1 Å². The van der Waals surface area contributed by atoms with Crippen LogP contribution in [0.2, 0.25) is 0 Å². The highest BCUT2D eigenvalue weighted by atomic mass is 32.2. The molecule has 1 saturated carbocycles. The van der Waals surface area contributed by atoms with Gasteiger partial charge in [0.25, 0.3) is 0 Å². The third-order valence-corrected chi connectivity index (χ3v) is 5.57. The summed E-state index contributed by atoms with van der Waals surface area (Å²) >= 11 is 3.20. The predicted molar refractivity (Wildman–Crippen MR) is 77.9 cm³/mol. The standard InChI is InChI=1S/C12H19N3O2S2/c1-8-13-14-12(19-7-11(16)17)15(8)9-3-5-10(18-2)6-4-9/h9-10H,3-7H2,1-2H3,(H,16,17). The zero-order valence-corrected chi connectivity index (χ0v) is 12.8. The Bertz CT molecular complexity index is 442. The first-order valence-corrected chi connectivity index (χ1v) is 8.68. The molecule has 1 aromatic rings. The number of aliphatic carboxylic acids is 1. The van der Waals surface area contributed by atoms with E-state index in [1.165, 1.54) is 24.6 Å². The Hall–Kier alpha value is -0.690. The fourth-order valence-electron chi connectivity index (χ4n) is 2.53. The maximum Gasteiger partial charge on any atom is 0.313 e. The van der Waals surface area contributed by atoms with Gasteiger partial charge in [-0.05, 0) is 38.9 Å². The molecule has 5 nitrogen and oxygen atoms in total. The molecule has 1 heterocycles. The molecule has 19 heavy (non-hydrogen) atoms. The smallest absolute Gasteiger partial charge is 0.313 e. The van der Waals surface area contributed by atoms with E-state index in [1.807, 2.05) is 18.7 Å². The number of carboxylic acids is 1. The van der Waals surface area contributed by atoms with Crippen LogP contribution in [0.25, 0.3) is 0 Å². The van der Waals surface area contributed by atoms with Gasteiger partial charge in [-0.25, -0.2) is 0 Å². The van der Waals surface area contributed by atoms with Crippen LogP contribution in [0.5, 0.6) is 0 Å². The normalized spacial score (nSPS) is 23.5. The Labute approximate surface area is 121 Å². The van der Waals surface area contributed by atoms with Gasteiger partial charge in [0.1, 0.15) is 5.82 Å². The second-order valence-corrected chi connectivity index (χ2v) is 6.83. The topological polar surface area (TPSA) is 68.0 Å². The fourth-order valence-corrected chi connectivity index (χ4v) is 4.05. The molecule has 0 amide bonds. The Kier molecular flexibility index (Phi) is 5.15. The second-order valence-electron chi connectivity index (χ2n) is 4.75. The van der Waals surface area contributed by atoms with Crippen molar-refractivity contribution in [2.24, 2.45) is 0 Å². The summed E-state index contributed by atoms with van der Waals surface area (Å²) in [5.41, 5.74) is 0. The summed E-state index contributed by atoms with van der Waals surface area (Å²) < 4.78 is 2.13. The zero-order valence-electron chi connectivity index (χ0n) is 11.2. The molecule has 2 rings (SSSR count). The van der Waals surface area contributed by atoms with E-state index in [1.54, 1.807) is 0 Å². The Morgan fingerprint density at radius 1 is 1.37 bits per heavy atom. The lowest BCUT2D eigenvalue weighted by Gasteiger charge is -2.29. The average Bonchev–Trinajstić information content (AvgIpc) is 2.78. The molecule has 0 radical (unpaired) electrons. The van der Waals surface area contributed by atoms with Gasteiger partial charge in [0.15, 0.2) is 5.16 Å². The van der Waals surface area contributed by atoms with E-state index < -0.39 is 5.97 Å². The molecule has 1 N–H and O–H groups in total. The molecule has 0 bridgehead atoms. The highest BCUT2D eigenvalue weighted by Gasteiger charge is 2.25. The first-order chi connectivity index (χ1) is 9.11. The molecule has 106 valence electrons. The van der Waals surface area contributed by atoms with Crippen LogP contribution in [0, 0.1) is 6.92 Å². The van der Waals surface area contributed by atoms with Crippen LogP contribution < -0.4 is 0 Å². The number of rotatable bonds is 5. The van der Waals surface area contributed by atoms with Crippen LogP contribution in [0.1, 0.15) is 37.5 Å². The van der Waals surface area contributed by atoms with E-state index in [9.17, 15) is 4.79 Å². The minimum absolute atomic E-state index is 0.0400. The van der Waals surface area contributed by atoms with Crippen LogP contribution in [0.4, 0.5) is 0 Å². The van der Waals surface area contributed by atoms with E-state index >= 15 is 0 Å². The minimum Gasteiger partial charge on any atom is -0.481 e. The van der Waals surface area contributed by atoms with Crippen molar-refractivity contribution in [3.8, 4) is 0 Å². The van der Waals surface area contributed by atoms with Crippen molar-refractivity contribution in [3.05, 3.63) is 5.82 Å². The number of thioether (sulfide) groups is 2. The summed E-state index contributed by atoms with van der Waals surface area (Å²) in [6, 6.07) is 0.426. The Morgan fingerprint density at radius 3 is 2.63 bits per heavy atom. The SMILES string of the molecule is CSC1CCC(n2c(C)nnc2SCC(=O)O)CC1. The number of aryl methyl sites for hydroxylation is 1. The summed E-state index contributed by atoms with van der Waals surface area (Å²) in [7, 11) is 0. The molecule has 1 aliphatic carbocycles. The van der Waals surface area contributed by atoms with Crippen molar-refractivity contribution in [3.63, 3.8) is 0 Å². The number of carbonyl (C=O) groups is 1. The summed E-state index contributed by atoms with van der Waals surface area (Å²) in [5, 5.41) is 18.5. The van der Waals surface area contributed by atoms with Gasteiger partial charge in [0, 0.05) is 11.3 Å². The minimum atomic E-state index is -0.816. The van der Waals surface area contributed by atoms with Gasteiger partial charge in [-0.2, -0.15) is 11.8 Å². The lowest BCUT2D eigenvalue weighted by atomic mass is 9.95. The molecule has 0 unspecified atom stereocenters. The number of hydrogen-bond donors (Lipinski definition) is 1. The van der Waals surface area contributed by atoms with Crippen molar-refractivity contribution < 1.29 is 9.90 Å². The van der Waals surface area contributed by atoms with E-state index in [0.29, 0.717) is 6.04 Å². The molecule has 0 aromatic carbocycles. The van der Waals surface area contributed by atoms with E-state index in [0.717, 1.165) is 29.1 Å². The van der Waals surface area contributed by atoms with Crippen molar-refractivity contribution in [2.45, 2.75) is 49.1 Å². The van der Waals surface area contributed by atoms with Crippen molar-refractivity contribution >= 4 is 29.5 Å². The quantitative estimate of drug-likeness (QED) is 0.843. The number of aromatic nitrogens is 3. The third kappa shape index (κ3) is 3.66. The van der Waals surface area contributed by atoms with E-state index in [-0.39, 0.29) is 5.75 Å². The molecular weight excluding hydrogens is 282 g/mol. The third-order valence-electron chi connectivity index (χ3n) is 3.50. The molecule has 0 atom stereocenters. The molecule has 0 aliphatic heterocycles. The second kappa shape index (κ2) is 6.65. The summed E-state index contributed by atoms with van der Waals surface area (Å²) in [5.74, 6) is 0.113. The fraction of sp³-hybridized carbons (Fsp3) is 0.750. The molecule has 1 fully saturated rings. The molecule has 7 heteroatoms. The van der Waals surface area contributed by atoms with Gasteiger partial charge in [0.2, 0.25) is 0 Å². The van der Waals surface area contributed by atoms with Gasteiger partial charge >= 0.3 is 5.97 Å². The molecule has 0 spiro atoms. The van der Waals surface area contributed by atoms with Crippen molar-refractivity contribution in [1.29, 1.82) is 0 Å². The Balaban J connectivity index is 2.06. The van der Waals surface area contributed by atoms with Crippen molar-refractivity contribution in [1.82, 2.24) is 14.8 Å². The van der Waals surface area contributed by atoms with Gasteiger partial charge < -0.3 is 9.67 Å². The zero-order chi connectivity index (χ0) is 13.8. The van der Waals surface area contributed by atoms with Crippen LogP contribution in [0.3, 0.4) is 0 Å². The largest absolute Gasteiger partial charge is 0.481 e. The Morgan fingerprint density at radius 2 is 2.05 bits per heavy atom. The first kappa shape index (κ1) is 14.7. The summed E-state index contributed by atoms with van der Waals surface area (Å²) in [6.07, 6.45) is 6.86. The van der Waals surface area contributed by atoms with Crippen molar-refractivity contribution in [2.75, 3.05) is 12.0 Å². The number of hydrogen-bond acceptors (Lipinski definition) is 5. The highest BCUT2D eigenvalue weighted by Crippen LogP contribution is 2.36. The molecule has 0 saturated heterocycles. The molecular formula is C12H19N3O2S2. The highest BCUT2D eigenvalue weighted by molar-refractivity contribution is 7.99. The average molecular weight is 301 g/mol. The molecule has 1 aliphatic rings. The lowest BCUT2D eigenvalue weighted by molar-refractivity contribution is -0.133. The number of nitrogens with zero attached hydrogens (tertiary/aromatic N) is 3.